The average molecular weight is 408 g/mol. The zero-order chi connectivity index (χ0) is 11.8. The molecular formula is C10H20Br2N2O2Ti. The number of hydrogen-bond acceptors (Lipinski definition) is 2. The molecule has 0 saturated heterocycles. The van der Waals surface area contributed by atoms with Crippen LogP contribution in [0, 0.1) is 0 Å². The first kappa shape index (κ1) is 22.8. The van der Waals surface area contributed by atoms with Crippen molar-refractivity contribution in [2.45, 2.75) is 40.5 Å². The maximum absolute atomic E-state index is 11.5. The maximum Gasteiger partial charge on any atom is -1.00 e. The Bertz CT molecular complexity index is 208. The van der Waals surface area contributed by atoms with Gasteiger partial charge in [-0.25, -0.2) is 0 Å². The summed E-state index contributed by atoms with van der Waals surface area (Å²) < 4.78 is 3.66. The predicted molar refractivity (Wildman–Crippen MR) is 55.4 cm³/mol. The molecule has 0 aromatic carbocycles. The molecule has 7 heteroatoms. The molecule has 0 fully saturated rings. The molecular weight excluding hydrogens is 388 g/mol. The fourth-order valence-corrected chi connectivity index (χ4v) is 2.87. The topological polar surface area (TPSA) is 40.6 Å². The summed E-state index contributed by atoms with van der Waals surface area (Å²) in [6.45, 7) is 9.05. The van der Waals surface area contributed by atoms with Crippen LogP contribution in [0.2, 0.25) is 0 Å². The summed E-state index contributed by atoms with van der Waals surface area (Å²) >= 11 is -0.777. The standard InChI is InChI=1S/2C5H11NO.2BrH.Ti/c2*1-3-5(7)6-4-2;;;/h2*3-4H2,1-2H3,(H,6,7);2*1H;/q;;;;+4/p-4. The van der Waals surface area contributed by atoms with Crippen molar-refractivity contribution >= 4 is 11.8 Å². The number of rotatable bonds is 6. The molecule has 100 valence electrons. The van der Waals surface area contributed by atoms with Gasteiger partial charge in [0, 0.05) is 0 Å². The van der Waals surface area contributed by atoms with Crippen molar-refractivity contribution in [3.8, 4) is 0 Å². The van der Waals surface area contributed by atoms with E-state index in [4.69, 9.17) is 0 Å². The Morgan fingerprint density at radius 1 is 0.824 bits per heavy atom. The Morgan fingerprint density at radius 3 is 1.29 bits per heavy atom. The molecule has 0 atom stereocenters. The zero-order valence-electron chi connectivity index (χ0n) is 10.8. The molecule has 0 aliphatic rings. The molecule has 0 radical (unpaired) electrons. The van der Waals surface area contributed by atoms with Gasteiger partial charge in [-0.15, -0.1) is 0 Å². The zero-order valence-corrected chi connectivity index (χ0v) is 15.5. The Labute approximate surface area is 135 Å². The van der Waals surface area contributed by atoms with E-state index in [0.29, 0.717) is 25.9 Å². The van der Waals surface area contributed by atoms with Gasteiger partial charge in [0.2, 0.25) is 0 Å². The first-order valence-corrected chi connectivity index (χ1v) is 6.87. The Kier molecular flexibility index (Phi) is 17.5. The molecule has 0 bridgehead atoms. The monoisotopic (exact) mass is 406 g/mol. The average Bonchev–Trinajstić information content (AvgIpc) is 2.28. The minimum Gasteiger partial charge on any atom is -1.00 e. The van der Waals surface area contributed by atoms with Gasteiger partial charge < -0.3 is 34.0 Å². The molecule has 0 aromatic rings. The van der Waals surface area contributed by atoms with E-state index in [-0.39, 0.29) is 45.8 Å². The summed E-state index contributed by atoms with van der Waals surface area (Å²) in [5.74, 6) is 0.305. The third-order valence-corrected chi connectivity index (χ3v) is 4.60. The molecule has 2 amide bonds. The molecule has 0 aliphatic heterocycles. The van der Waals surface area contributed by atoms with Crippen molar-refractivity contribution in [2.75, 3.05) is 13.1 Å². The smallest absolute Gasteiger partial charge is 1.00 e. The molecule has 0 aliphatic carbocycles. The van der Waals surface area contributed by atoms with Crippen LogP contribution in [-0.4, -0.2) is 31.7 Å². The quantitative estimate of drug-likeness (QED) is 0.416. The molecule has 0 heterocycles. The second-order valence-electron chi connectivity index (χ2n) is 3.08. The van der Waals surface area contributed by atoms with E-state index >= 15 is 0 Å². The molecule has 0 unspecified atom stereocenters. The van der Waals surface area contributed by atoms with Gasteiger partial charge in [0.15, 0.2) is 0 Å². The second-order valence-corrected chi connectivity index (χ2v) is 5.08. The van der Waals surface area contributed by atoms with Crippen molar-refractivity contribution in [3.05, 3.63) is 0 Å². The summed E-state index contributed by atoms with van der Waals surface area (Å²) in [5, 5.41) is 0. The molecule has 0 saturated carbocycles. The first-order chi connectivity index (χ1) is 7.10. The van der Waals surface area contributed by atoms with Gasteiger partial charge in [-0.1, -0.05) is 0 Å². The van der Waals surface area contributed by atoms with Crippen LogP contribution in [-0.2, 0) is 29.3 Å². The Morgan fingerprint density at radius 2 is 1.12 bits per heavy atom. The Hall–Kier alpha value is 0.614. The molecule has 0 N–H and O–H groups in total. The van der Waals surface area contributed by atoms with E-state index < -0.39 is 19.7 Å². The van der Waals surface area contributed by atoms with Gasteiger partial charge in [0.1, 0.15) is 0 Å². The second kappa shape index (κ2) is 13.1. The summed E-state index contributed by atoms with van der Waals surface area (Å²) in [6, 6.07) is 0. The predicted octanol–water partition coefficient (Wildman–Crippen LogP) is -4.58. The molecule has 0 aromatic heterocycles. The van der Waals surface area contributed by atoms with Gasteiger partial charge in [0.25, 0.3) is 0 Å². The van der Waals surface area contributed by atoms with E-state index in [9.17, 15) is 9.59 Å². The fraction of sp³-hybridized carbons (Fsp3) is 0.800. The molecule has 17 heavy (non-hydrogen) atoms. The summed E-state index contributed by atoms with van der Waals surface area (Å²) in [4.78, 5) is 23.0. The number of amides is 2. The first-order valence-electron chi connectivity index (χ1n) is 5.47. The number of nitrogens with zero attached hydrogens (tertiary/aromatic N) is 2. The van der Waals surface area contributed by atoms with Gasteiger partial charge in [-0.3, -0.25) is 0 Å². The van der Waals surface area contributed by atoms with E-state index in [0.717, 1.165) is 0 Å². The van der Waals surface area contributed by atoms with Crippen molar-refractivity contribution in [1.82, 2.24) is 6.76 Å². The maximum atomic E-state index is 11.5. The van der Waals surface area contributed by atoms with Crippen molar-refractivity contribution in [2.24, 2.45) is 0 Å². The number of carbonyl (C=O) groups is 2. The van der Waals surface area contributed by atoms with E-state index in [1.54, 1.807) is 0 Å². The van der Waals surface area contributed by atoms with Crippen LogP contribution in [0.15, 0.2) is 0 Å². The molecule has 0 spiro atoms. The van der Waals surface area contributed by atoms with Crippen LogP contribution < -0.4 is 34.0 Å². The number of carbonyl (C=O) groups excluding carboxylic acids is 2. The van der Waals surface area contributed by atoms with E-state index in [2.05, 4.69) is 0 Å². The summed E-state index contributed by atoms with van der Waals surface area (Å²) in [5.41, 5.74) is 0. The van der Waals surface area contributed by atoms with E-state index in [1.807, 2.05) is 34.5 Å². The van der Waals surface area contributed by atoms with Crippen molar-refractivity contribution in [3.63, 3.8) is 0 Å². The van der Waals surface area contributed by atoms with Crippen molar-refractivity contribution in [1.29, 1.82) is 0 Å². The van der Waals surface area contributed by atoms with Gasteiger partial charge >= 0.3 is 101 Å². The van der Waals surface area contributed by atoms with Crippen LogP contribution >= 0.6 is 0 Å². The largest absolute Gasteiger partial charge is 1.00 e. The fourth-order valence-electron chi connectivity index (χ4n) is 1.13. The van der Waals surface area contributed by atoms with Gasteiger partial charge in [0.05, 0.1) is 0 Å². The van der Waals surface area contributed by atoms with Crippen LogP contribution in [0.4, 0.5) is 0 Å². The van der Waals surface area contributed by atoms with Crippen LogP contribution in [0.5, 0.6) is 0 Å². The van der Waals surface area contributed by atoms with Crippen LogP contribution in [0.1, 0.15) is 40.5 Å². The Balaban J connectivity index is -0.000000980. The third kappa shape index (κ3) is 8.35. The summed E-state index contributed by atoms with van der Waals surface area (Å²) in [6.07, 6.45) is 1.05. The SMILES string of the molecule is CCC(=O)[N](CC)[Ti+2][N](CC)C(=O)CC.[Br-].[Br-]. The third-order valence-electron chi connectivity index (χ3n) is 2.08. The van der Waals surface area contributed by atoms with E-state index in [1.165, 1.54) is 0 Å². The summed E-state index contributed by atoms with van der Waals surface area (Å²) in [7, 11) is 0. The van der Waals surface area contributed by atoms with Gasteiger partial charge in [-0.05, 0) is 0 Å². The number of halogens is 2. The van der Waals surface area contributed by atoms with Crippen LogP contribution in [0.25, 0.3) is 0 Å². The minimum absolute atomic E-state index is 0. The van der Waals surface area contributed by atoms with Crippen molar-refractivity contribution < 1.29 is 63.2 Å². The normalized spacial score (nSPS) is 8.24. The molecule has 0 rings (SSSR count). The van der Waals surface area contributed by atoms with Gasteiger partial charge in [-0.2, -0.15) is 0 Å². The van der Waals surface area contributed by atoms with Crippen LogP contribution in [0.3, 0.4) is 0 Å². The molecule has 4 nitrogen and oxygen atoms in total. The minimum atomic E-state index is -0.777. The number of hydrogen-bond donors (Lipinski definition) is 0.